The number of benzene rings is 2. The highest BCUT2D eigenvalue weighted by molar-refractivity contribution is 9.10. The third-order valence-electron chi connectivity index (χ3n) is 3.01. The molecule has 2 rings (SSSR count). The molecule has 20 heavy (non-hydrogen) atoms. The maximum absolute atomic E-state index is 5.84. The first-order chi connectivity index (χ1) is 9.74. The summed E-state index contributed by atoms with van der Waals surface area (Å²) >= 11 is 3.53. The van der Waals surface area contributed by atoms with Crippen LogP contribution in [0.15, 0.2) is 46.9 Å². The molecule has 2 aromatic rings. The smallest absolute Gasteiger partial charge is 0.134 e. The molecule has 0 unspecified atom stereocenters. The number of nitrogens with two attached hydrogens (primary N) is 1. The van der Waals surface area contributed by atoms with Crippen molar-refractivity contribution in [3.63, 3.8) is 0 Å². The topological polar surface area (TPSA) is 44.5 Å². The van der Waals surface area contributed by atoms with E-state index < -0.39 is 0 Å². The largest absolute Gasteiger partial charge is 0.496 e. The van der Waals surface area contributed by atoms with Crippen LogP contribution in [0.1, 0.15) is 11.1 Å². The summed E-state index contributed by atoms with van der Waals surface area (Å²) in [5.74, 6) is 1.65. The summed E-state index contributed by atoms with van der Waals surface area (Å²) in [7, 11) is 1.66. The van der Waals surface area contributed by atoms with E-state index in [1.807, 2.05) is 42.5 Å². The van der Waals surface area contributed by atoms with Gasteiger partial charge in [0.05, 0.1) is 11.6 Å². The van der Waals surface area contributed by atoms with Gasteiger partial charge in [-0.3, -0.25) is 0 Å². The van der Waals surface area contributed by atoms with E-state index in [9.17, 15) is 0 Å². The van der Waals surface area contributed by atoms with Crippen molar-refractivity contribution in [1.29, 1.82) is 0 Å². The zero-order chi connectivity index (χ0) is 14.4. The van der Waals surface area contributed by atoms with Gasteiger partial charge in [-0.05, 0) is 52.7 Å². The molecule has 0 aliphatic carbocycles. The fraction of sp³-hybridized carbons (Fsp3) is 0.250. The summed E-state index contributed by atoms with van der Waals surface area (Å²) in [6.07, 6.45) is 0.866. The van der Waals surface area contributed by atoms with Gasteiger partial charge in [0.15, 0.2) is 0 Å². The van der Waals surface area contributed by atoms with E-state index in [0.717, 1.165) is 28.0 Å². The lowest BCUT2D eigenvalue weighted by Crippen LogP contribution is -2.03. The van der Waals surface area contributed by atoms with E-state index >= 15 is 0 Å². The molecule has 0 spiro atoms. The van der Waals surface area contributed by atoms with Crippen LogP contribution in [0.4, 0.5) is 0 Å². The highest BCUT2D eigenvalue weighted by Crippen LogP contribution is 2.28. The van der Waals surface area contributed by atoms with Crippen molar-refractivity contribution in [3.05, 3.63) is 58.1 Å². The molecule has 0 saturated carbocycles. The Bertz CT molecular complexity index is 572. The van der Waals surface area contributed by atoms with Gasteiger partial charge in [-0.2, -0.15) is 0 Å². The minimum atomic E-state index is 0.471. The average molecular weight is 336 g/mol. The summed E-state index contributed by atoms with van der Waals surface area (Å²) in [4.78, 5) is 0. The molecule has 2 aromatic carbocycles. The van der Waals surface area contributed by atoms with E-state index in [-0.39, 0.29) is 0 Å². The van der Waals surface area contributed by atoms with Crippen molar-refractivity contribution in [3.8, 4) is 11.5 Å². The van der Waals surface area contributed by atoms with Crippen LogP contribution in [-0.2, 0) is 13.0 Å². The fourth-order valence-electron chi connectivity index (χ4n) is 1.96. The van der Waals surface area contributed by atoms with Gasteiger partial charge in [-0.15, -0.1) is 0 Å². The Hall–Kier alpha value is -1.52. The molecule has 3 nitrogen and oxygen atoms in total. The predicted octanol–water partition coefficient (Wildman–Crippen LogP) is 3.54. The molecule has 0 aliphatic rings. The minimum absolute atomic E-state index is 0.471. The van der Waals surface area contributed by atoms with Crippen LogP contribution in [0.25, 0.3) is 0 Å². The highest BCUT2D eigenvalue weighted by atomic mass is 79.9. The van der Waals surface area contributed by atoms with Crippen molar-refractivity contribution in [2.24, 2.45) is 5.73 Å². The van der Waals surface area contributed by atoms with Crippen molar-refractivity contribution in [2.45, 2.75) is 13.0 Å². The van der Waals surface area contributed by atoms with Gasteiger partial charge in [0, 0.05) is 5.56 Å². The van der Waals surface area contributed by atoms with Crippen LogP contribution in [-0.4, -0.2) is 13.7 Å². The molecule has 0 saturated heterocycles. The molecule has 0 bridgehead atoms. The molecule has 0 aliphatic heterocycles. The van der Waals surface area contributed by atoms with Crippen molar-refractivity contribution in [1.82, 2.24) is 0 Å². The van der Waals surface area contributed by atoms with Gasteiger partial charge in [0.1, 0.15) is 18.1 Å². The van der Waals surface area contributed by atoms with Crippen LogP contribution in [0.2, 0.25) is 0 Å². The van der Waals surface area contributed by atoms with E-state index in [4.69, 9.17) is 15.2 Å². The van der Waals surface area contributed by atoms with E-state index in [1.165, 1.54) is 5.56 Å². The Kier molecular flexibility index (Phi) is 5.44. The maximum Gasteiger partial charge on any atom is 0.134 e. The van der Waals surface area contributed by atoms with Crippen LogP contribution in [0.5, 0.6) is 11.5 Å². The third-order valence-corrected chi connectivity index (χ3v) is 3.62. The molecule has 0 atom stereocenters. The molecule has 0 aromatic heterocycles. The Morgan fingerprint density at radius 1 is 1.10 bits per heavy atom. The van der Waals surface area contributed by atoms with Gasteiger partial charge in [0.2, 0.25) is 0 Å². The highest BCUT2D eigenvalue weighted by Gasteiger charge is 2.06. The number of hydrogen-bond donors (Lipinski definition) is 1. The molecular weight excluding hydrogens is 318 g/mol. The molecular formula is C16H18BrNO2. The Morgan fingerprint density at radius 2 is 1.90 bits per heavy atom. The van der Waals surface area contributed by atoms with Gasteiger partial charge in [-0.1, -0.05) is 24.3 Å². The predicted molar refractivity (Wildman–Crippen MR) is 84.2 cm³/mol. The van der Waals surface area contributed by atoms with Crippen molar-refractivity contribution in [2.75, 3.05) is 13.7 Å². The zero-order valence-electron chi connectivity index (χ0n) is 11.4. The number of para-hydroxylation sites is 1. The minimum Gasteiger partial charge on any atom is -0.496 e. The maximum atomic E-state index is 5.84. The Labute approximate surface area is 127 Å². The monoisotopic (exact) mass is 335 g/mol. The normalized spacial score (nSPS) is 10.3. The first-order valence-electron chi connectivity index (χ1n) is 6.47. The van der Waals surface area contributed by atoms with Crippen molar-refractivity contribution >= 4 is 15.9 Å². The Morgan fingerprint density at radius 3 is 2.60 bits per heavy atom. The average Bonchev–Trinajstić information content (AvgIpc) is 2.47. The van der Waals surface area contributed by atoms with Crippen molar-refractivity contribution < 1.29 is 9.47 Å². The number of rotatable bonds is 6. The molecule has 4 heteroatoms. The molecule has 0 amide bonds. The second-order valence-electron chi connectivity index (χ2n) is 4.40. The van der Waals surface area contributed by atoms with Crippen LogP contribution < -0.4 is 15.2 Å². The van der Waals surface area contributed by atoms with E-state index in [0.29, 0.717) is 13.2 Å². The van der Waals surface area contributed by atoms with Gasteiger partial charge in [0.25, 0.3) is 0 Å². The Balaban J connectivity index is 2.07. The van der Waals surface area contributed by atoms with E-state index in [2.05, 4.69) is 15.9 Å². The summed E-state index contributed by atoms with van der Waals surface area (Å²) in [6.45, 7) is 1.12. The molecule has 106 valence electrons. The number of hydrogen-bond acceptors (Lipinski definition) is 3. The van der Waals surface area contributed by atoms with Crippen LogP contribution in [0.3, 0.4) is 0 Å². The summed E-state index contributed by atoms with van der Waals surface area (Å²) in [5, 5.41) is 0. The van der Waals surface area contributed by atoms with Crippen LogP contribution in [0, 0.1) is 0 Å². The quantitative estimate of drug-likeness (QED) is 0.878. The number of methoxy groups -OCH3 is 1. The molecule has 2 N–H and O–H groups in total. The number of halogens is 1. The second kappa shape index (κ2) is 7.31. The van der Waals surface area contributed by atoms with Crippen LogP contribution >= 0.6 is 15.9 Å². The van der Waals surface area contributed by atoms with Gasteiger partial charge < -0.3 is 15.2 Å². The third kappa shape index (κ3) is 3.74. The summed E-state index contributed by atoms with van der Waals surface area (Å²) in [5.41, 5.74) is 7.77. The standard InChI is InChI=1S/C16H18BrNO2/c1-19-15-5-3-2-4-13(15)11-20-16-7-6-12(8-9-18)10-14(16)17/h2-7,10H,8-9,11,18H2,1H3. The lowest BCUT2D eigenvalue weighted by Gasteiger charge is -2.12. The SMILES string of the molecule is COc1ccccc1COc1ccc(CCN)cc1Br. The lowest BCUT2D eigenvalue weighted by atomic mass is 10.1. The lowest BCUT2D eigenvalue weighted by molar-refractivity contribution is 0.295. The molecule has 0 fully saturated rings. The first kappa shape index (κ1) is 14.9. The second-order valence-corrected chi connectivity index (χ2v) is 5.26. The molecule has 0 radical (unpaired) electrons. The van der Waals surface area contributed by atoms with Gasteiger partial charge >= 0.3 is 0 Å². The zero-order valence-corrected chi connectivity index (χ0v) is 13.0. The summed E-state index contributed by atoms with van der Waals surface area (Å²) in [6, 6.07) is 13.9. The fourth-order valence-corrected chi connectivity index (χ4v) is 2.50. The summed E-state index contributed by atoms with van der Waals surface area (Å²) < 4.78 is 12.1. The first-order valence-corrected chi connectivity index (χ1v) is 7.27. The molecule has 0 heterocycles. The van der Waals surface area contributed by atoms with Gasteiger partial charge in [-0.25, -0.2) is 0 Å². The number of ether oxygens (including phenoxy) is 2. The van der Waals surface area contributed by atoms with E-state index in [1.54, 1.807) is 7.11 Å².